The molecular formula is C18H30N4O2. The molecule has 1 unspecified atom stereocenters. The van der Waals surface area contributed by atoms with Crippen LogP contribution in [0.5, 0.6) is 5.75 Å². The number of rotatable bonds is 8. The minimum Gasteiger partial charge on any atom is -0.495 e. The van der Waals surface area contributed by atoms with Crippen molar-refractivity contribution >= 4 is 11.6 Å². The van der Waals surface area contributed by atoms with Crippen LogP contribution in [0.1, 0.15) is 20.3 Å². The van der Waals surface area contributed by atoms with Crippen LogP contribution in [0.15, 0.2) is 29.3 Å². The van der Waals surface area contributed by atoms with E-state index in [0.717, 1.165) is 50.1 Å². The lowest BCUT2D eigenvalue weighted by Crippen LogP contribution is -2.44. The molecule has 0 bridgehead atoms. The second-order valence-corrected chi connectivity index (χ2v) is 5.71. The highest BCUT2D eigenvalue weighted by molar-refractivity contribution is 5.80. The number of benzene rings is 1. The molecule has 0 aromatic heterocycles. The van der Waals surface area contributed by atoms with Gasteiger partial charge in [-0.2, -0.15) is 0 Å². The summed E-state index contributed by atoms with van der Waals surface area (Å²) in [4.78, 5) is 6.93. The van der Waals surface area contributed by atoms with E-state index in [0.29, 0.717) is 19.2 Å². The average Bonchev–Trinajstić information content (AvgIpc) is 3.07. The molecule has 1 heterocycles. The van der Waals surface area contributed by atoms with Crippen LogP contribution in [0, 0.1) is 0 Å². The molecule has 0 aliphatic carbocycles. The summed E-state index contributed by atoms with van der Waals surface area (Å²) >= 11 is 0. The van der Waals surface area contributed by atoms with Crippen LogP contribution in [0.2, 0.25) is 0 Å². The quantitative estimate of drug-likeness (QED) is 0.432. The first-order valence-electron chi connectivity index (χ1n) is 8.79. The van der Waals surface area contributed by atoms with Crippen molar-refractivity contribution in [2.75, 3.05) is 51.4 Å². The van der Waals surface area contributed by atoms with Crippen molar-refractivity contribution in [2.45, 2.75) is 26.3 Å². The molecule has 1 aromatic rings. The lowest BCUT2D eigenvalue weighted by molar-refractivity contribution is 0.155. The monoisotopic (exact) mass is 334 g/mol. The Balaban J connectivity index is 1.91. The van der Waals surface area contributed by atoms with Crippen LogP contribution in [0.4, 0.5) is 5.69 Å². The Labute approximate surface area is 145 Å². The van der Waals surface area contributed by atoms with E-state index in [9.17, 15) is 0 Å². The smallest absolute Gasteiger partial charge is 0.191 e. The normalized spacial score (nSPS) is 17.9. The molecule has 6 heteroatoms. The van der Waals surface area contributed by atoms with Crippen LogP contribution in [-0.2, 0) is 4.74 Å². The molecule has 2 N–H and O–H groups in total. The number of nitrogens with one attached hydrogen (secondary N) is 2. The van der Waals surface area contributed by atoms with Crippen molar-refractivity contribution in [2.24, 2.45) is 4.99 Å². The number of methoxy groups -OCH3 is 1. The summed E-state index contributed by atoms with van der Waals surface area (Å²) in [5.41, 5.74) is 1.16. The zero-order valence-corrected chi connectivity index (χ0v) is 15.0. The number of nitrogens with zero attached hydrogens (tertiary/aromatic N) is 2. The molecule has 6 nitrogen and oxygen atoms in total. The van der Waals surface area contributed by atoms with E-state index >= 15 is 0 Å². The Morgan fingerprint density at radius 2 is 2.17 bits per heavy atom. The minimum atomic E-state index is 0.375. The van der Waals surface area contributed by atoms with Gasteiger partial charge in [-0.3, -0.25) is 4.99 Å². The molecule has 2 rings (SSSR count). The highest BCUT2D eigenvalue weighted by Gasteiger charge is 2.25. The number of anilines is 1. The van der Waals surface area contributed by atoms with Gasteiger partial charge in [0, 0.05) is 32.3 Å². The highest BCUT2D eigenvalue weighted by Crippen LogP contribution is 2.30. The third-order valence-corrected chi connectivity index (χ3v) is 4.01. The first-order valence-corrected chi connectivity index (χ1v) is 8.79. The molecule has 1 atom stereocenters. The second kappa shape index (κ2) is 10.0. The third-order valence-electron chi connectivity index (χ3n) is 4.01. The molecule has 0 amide bonds. The van der Waals surface area contributed by atoms with Crippen molar-refractivity contribution in [3.63, 3.8) is 0 Å². The molecule has 1 saturated heterocycles. The molecule has 24 heavy (non-hydrogen) atoms. The fourth-order valence-corrected chi connectivity index (χ4v) is 2.87. The molecule has 0 radical (unpaired) electrons. The number of ether oxygens (including phenoxy) is 2. The summed E-state index contributed by atoms with van der Waals surface area (Å²) < 4.78 is 10.8. The Morgan fingerprint density at radius 1 is 1.33 bits per heavy atom. The van der Waals surface area contributed by atoms with E-state index in [-0.39, 0.29) is 0 Å². The highest BCUT2D eigenvalue weighted by atomic mass is 16.5. The van der Waals surface area contributed by atoms with Crippen molar-refractivity contribution in [1.82, 2.24) is 10.6 Å². The van der Waals surface area contributed by atoms with Crippen molar-refractivity contribution < 1.29 is 9.47 Å². The molecule has 0 spiro atoms. The van der Waals surface area contributed by atoms with E-state index in [1.165, 1.54) is 0 Å². The van der Waals surface area contributed by atoms with Gasteiger partial charge in [0.1, 0.15) is 5.75 Å². The summed E-state index contributed by atoms with van der Waals surface area (Å²) in [6, 6.07) is 8.55. The van der Waals surface area contributed by atoms with E-state index in [1.807, 2.05) is 19.1 Å². The Bertz CT molecular complexity index is 521. The summed E-state index contributed by atoms with van der Waals surface area (Å²) in [5.74, 6) is 1.79. The predicted molar refractivity (Wildman–Crippen MR) is 99.2 cm³/mol. The molecule has 1 aliphatic heterocycles. The van der Waals surface area contributed by atoms with Crippen molar-refractivity contribution in [1.29, 1.82) is 0 Å². The lowest BCUT2D eigenvalue weighted by atomic mass is 10.2. The maximum absolute atomic E-state index is 5.48. The summed E-state index contributed by atoms with van der Waals surface area (Å²) in [5, 5.41) is 6.84. The zero-order chi connectivity index (χ0) is 17.2. The number of guanidine groups is 1. The number of aliphatic imine (C=N–C) groups is 1. The minimum absolute atomic E-state index is 0.375. The SMILES string of the molecule is CCNC(=NCCOCC)NC1CCN(c2ccccc2OC)C1. The Morgan fingerprint density at radius 3 is 2.92 bits per heavy atom. The average molecular weight is 334 g/mol. The molecule has 1 aromatic carbocycles. The van der Waals surface area contributed by atoms with Gasteiger partial charge in [-0.15, -0.1) is 0 Å². The van der Waals surface area contributed by atoms with Gasteiger partial charge < -0.3 is 25.0 Å². The van der Waals surface area contributed by atoms with Gasteiger partial charge in [-0.1, -0.05) is 12.1 Å². The van der Waals surface area contributed by atoms with E-state index < -0.39 is 0 Å². The van der Waals surface area contributed by atoms with Gasteiger partial charge in [0.25, 0.3) is 0 Å². The van der Waals surface area contributed by atoms with Gasteiger partial charge in [0.05, 0.1) is 25.9 Å². The van der Waals surface area contributed by atoms with Crippen molar-refractivity contribution in [3.05, 3.63) is 24.3 Å². The lowest BCUT2D eigenvalue weighted by Gasteiger charge is -2.22. The van der Waals surface area contributed by atoms with Crippen LogP contribution < -0.4 is 20.3 Å². The van der Waals surface area contributed by atoms with E-state index in [2.05, 4.69) is 39.6 Å². The molecule has 134 valence electrons. The fraction of sp³-hybridized carbons (Fsp3) is 0.611. The largest absolute Gasteiger partial charge is 0.495 e. The maximum Gasteiger partial charge on any atom is 0.191 e. The predicted octanol–water partition coefficient (Wildman–Crippen LogP) is 1.87. The van der Waals surface area contributed by atoms with Crippen LogP contribution in [0.3, 0.4) is 0 Å². The topological polar surface area (TPSA) is 58.1 Å². The van der Waals surface area contributed by atoms with E-state index in [4.69, 9.17) is 9.47 Å². The molecule has 1 fully saturated rings. The van der Waals surface area contributed by atoms with Gasteiger partial charge in [0.15, 0.2) is 5.96 Å². The van der Waals surface area contributed by atoms with Gasteiger partial charge in [-0.25, -0.2) is 0 Å². The molecular weight excluding hydrogens is 304 g/mol. The van der Waals surface area contributed by atoms with Crippen LogP contribution in [-0.4, -0.2) is 58.5 Å². The van der Waals surface area contributed by atoms with Gasteiger partial charge in [-0.05, 0) is 32.4 Å². The summed E-state index contributed by atoms with van der Waals surface area (Å²) in [6.45, 7) is 8.94. The van der Waals surface area contributed by atoms with Crippen molar-refractivity contribution in [3.8, 4) is 5.75 Å². The number of para-hydroxylation sites is 2. The first kappa shape index (κ1) is 18.4. The number of hydrogen-bond acceptors (Lipinski definition) is 4. The van der Waals surface area contributed by atoms with Gasteiger partial charge in [0.2, 0.25) is 0 Å². The fourth-order valence-electron chi connectivity index (χ4n) is 2.87. The summed E-state index contributed by atoms with van der Waals surface area (Å²) in [6.07, 6.45) is 1.08. The van der Waals surface area contributed by atoms with Gasteiger partial charge >= 0.3 is 0 Å². The standard InChI is InChI=1S/C18H30N4O2/c1-4-19-18(20-11-13-24-5-2)21-15-10-12-22(14-15)16-8-6-7-9-17(16)23-3/h6-9,15H,4-5,10-14H2,1-3H3,(H2,19,20,21). The molecule has 0 saturated carbocycles. The maximum atomic E-state index is 5.48. The van der Waals surface area contributed by atoms with E-state index in [1.54, 1.807) is 7.11 Å². The number of hydrogen-bond donors (Lipinski definition) is 2. The third kappa shape index (κ3) is 5.30. The van der Waals surface area contributed by atoms with Crippen LogP contribution >= 0.6 is 0 Å². The second-order valence-electron chi connectivity index (χ2n) is 5.71. The molecule has 1 aliphatic rings. The van der Waals surface area contributed by atoms with Crippen LogP contribution in [0.25, 0.3) is 0 Å². The Hall–Kier alpha value is -1.95. The Kier molecular flexibility index (Phi) is 7.68. The summed E-state index contributed by atoms with van der Waals surface area (Å²) in [7, 11) is 1.72. The zero-order valence-electron chi connectivity index (χ0n) is 15.0. The first-order chi connectivity index (χ1) is 11.8.